The maximum Gasteiger partial charge on any atom is 0.166 e. The zero-order valence-electron chi connectivity index (χ0n) is 34.6. The molecule has 11 rings (SSSR count). The second-order valence-electron chi connectivity index (χ2n) is 15.5. The zero-order chi connectivity index (χ0) is 42.3. The highest BCUT2D eigenvalue weighted by Crippen LogP contribution is 2.43. The van der Waals surface area contributed by atoms with Crippen molar-refractivity contribution in [1.82, 2.24) is 19.5 Å². The zero-order valence-corrected chi connectivity index (χ0v) is 34.6. The van der Waals surface area contributed by atoms with Gasteiger partial charge in [-0.05, 0) is 59.0 Å². The molecule has 0 aliphatic rings. The predicted octanol–water partition coefficient (Wildman–Crippen LogP) is 15.3. The number of hydrogen-bond acceptors (Lipinski definition) is 4. The number of fused-ring (bicyclic) bond motifs is 6. The molecule has 8 aromatic carbocycles. The summed E-state index contributed by atoms with van der Waals surface area (Å²) >= 11 is 0. The fraction of sp³-hybridized carbons (Fsp3) is 0.0172. The average molecular weight is 809 g/mol. The second kappa shape index (κ2) is 15.9. The normalized spacial score (nSPS) is 12.0. The number of para-hydroxylation sites is 3. The minimum atomic E-state index is 0.578. The van der Waals surface area contributed by atoms with E-state index in [0.29, 0.717) is 17.5 Å². The van der Waals surface area contributed by atoms with E-state index >= 15 is 0 Å². The van der Waals surface area contributed by atoms with Crippen LogP contribution in [0.15, 0.2) is 223 Å². The Bertz CT molecular complexity index is 3580. The molecule has 11 aromatic rings. The van der Waals surface area contributed by atoms with Gasteiger partial charge in [-0.3, -0.25) is 0 Å². The second-order valence-corrected chi connectivity index (χ2v) is 15.5. The van der Waals surface area contributed by atoms with Crippen molar-refractivity contribution in [3.63, 3.8) is 0 Å². The van der Waals surface area contributed by atoms with E-state index in [0.717, 1.165) is 99.5 Å². The highest BCUT2D eigenvalue weighted by molar-refractivity contribution is 6.13. The summed E-state index contributed by atoms with van der Waals surface area (Å²) in [4.78, 5) is 15.9. The fourth-order valence-electron chi connectivity index (χ4n) is 8.87. The molecule has 0 spiro atoms. The van der Waals surface area contributed by atoms with Gasteiger partial charge in [0.25, 0.3) is 0 Å². The van der Waals surface area contributed by atoms with Gasteiger partial charge >= 0.3 is 0 Å². The van der Waals surface area contributed by atoms with Gasteiger partial charge in [-0.25, -0.2) is 15.0 Å². The summed E-state index contributed by atoms with van der Waals surface area (Å²) in [5.41, 5.74) is 13.9. The SMILES string of the molecule is C=C/C=C\C(=C/C)c1ccc(-c2nc(-c3ccccc3)nc(-c3c(-c4ccccc4)cccc3-n3c4ccccc4c4ccc(-c5cccc6c5oc5ccccc56)cc43)n2)cc1. The van der Waals surface area contributed by atoms with Crippen molar-refractivity contribution in [1.29, 1.82) is 0 Å². The van der Waals surface area contributed by atoms with Gasteiger partial charge in [0.2, 0.25) is 0 Å². The maximum atomic E-state index is 6.56. The quantitative estimate of drug-likeness (QED) is 0.136. The van der Waals surface area contributed by atoms with Crippen molar-refractivity contribution in [2.45, 2.75) is 6.92 Å². The van der Waals surface area contributed by atoms with Crippen LogP contribution in [0.5, 0.6) is 0 Å². The molecule has 5 nitrogen and oxygen atoms in total. The van der Waals surface area contributed by atoms with Crippen molar-refractivity contribution in [2.24, 2.45) is 0 Å². The molecule has 3 heterocycles. The van der Waals surface area contributed by atoms with Gasteiger partial charge in [0.1, 0.15) is 11.2 Å². The molecule has 5 heteroatoms. The molecule has 0 aliphatic carbocycles. The molecular formula is C58H40N4O. The van der Waals surface area contributed by atoms with Gasteiger partial charge in [0, 0.05) is 38.2 Å². The topological polar surface area (TPSA) is 56.7 Å². The minimum absolute atomic E-state index is 0.578. The van der Waals surface area contributed by atoms with Crippen LogP contribution in [0, 0.1) is 0 Å². The Morgan fingerprint density at radius 3 is 1.87 bits per heavy atom. The minimum Gasteiger partial charge on any atom is -0.455 e. The first-order chi connectivity index (χ1) is 31.2. The van der Waals surface area contributed by atoms with Crippen molar-refractivity contribution in [3.05, 3.63) is 225 Å². The number of aromatic nitrogens is 4. The van der Waals surface area contributed by atoms with Crippen molar-refractivity contribution >= 4 is 49.3 Å². The molecule has 0 saturated heterocycles. The standard InChI is InChI=1S/C58H40N4O/c1-3-5-18-38(4-2)39-31-33-42(34-32-39)57-59-56(41-21-10-7-11-22-41)60-58(61-57)54-44(40-19-8-6-9-20-40)25-17-29-51(54)62-50-28-14-12-23-46(50)47-36-35-43(37-52(47)62)45-26-16-27-49-48-24-13-15-30-53(48)63-55(45)49/h3-37H,1H2,2H3/b18-5-,38-4+. The summed E-state index contributed by atoms with van der Waals surface area (Å²) in [7, 11) is 0. The Labute approximate surface area is 365 Å². The van der Waals surface area contributed by atoms with Gasteiger partial charge in [-0.15, -0.1) is 0 Å². The largest absolute Gasteiger partial charge is 0.455 e. The number of allylic oxidation sites excluding steroid dienone is 5. The number of benzene rings is 8. The molecule has 3 aromatic heterocycles. The van der Waals surface area contributed by atoms with E-state index in [1.165, 1.54) is 0 Å². The third kappa shape index (κ3) is 6.64. The summed E-state index contributed by atoms with van der Waals surface area (Å²) in [5.74, 6) is 1.76. The van der Waals surface area contributed by atoms with E-state index in [-0.39, 0.29) is 0 Å². The first-order valence-corrected chi connectivity index (χ1v) is 21.2. The molecule has 298 valence electrons. The van der Waals surface area contributed by atoms with Crippen LogP contribution in [0.3, 0.4) is 0 Å². The van der Waals surface area contributed by atoms with Gasteiger partial charge in [0.05, 0.1) is 22.3 Å². The molecule has 0 atom stereocenters. The van der Waals surface area contributed by atoms with Crippen LogP contribution in [0.25, 0.3) is 111 Å². The molecule has 0 saturated carbocycles. The van der Waals surface area contributed by atoms with E-state index < -0.39 is 0 Å². The number of nitrogens with zero attached hydrogens (tertiary/aromatic N) is 4. The van der Waals surface area contributed by atoms with Gasteiger partial charge in [-0.1, -0.05) is 195 Å². The lowest BCUT2D eigenvalue weighted by Gasteiger charge is -2.18. The van der Waals surface area contributed by atoms with E-state index in [1.54, 1.807) is 6.08 Å². The lowest BCUT2D eigenvalue weighted by molar-refractivity contribution is 0.670. The van der Waals surface area contributed by atoms with Crippen LogP contribution < -0.4 is 0 Å². The highest BCUT2D eigenvalue weighted by Gasteiger charge is 2.23. The maximum absolute atomic E-state index is 6.56. The van der Waals surface area contributed by atoms with Crippen LogP contribution in [0.4, 0.5) is 0 Å². The smallest absolute Gasteiger partial charge is 0.166 e. The molecule has 63 heavy (non-hydrogen) atoms. The molecule has 0 fully saturated rings. The van der Waals surface area contributed by atoms with Crippen LogP contribution in [-0.2, 0) is 0 Å². The Kier molecular flexibility index (Phi) is 9.48. The third-order valence-corrected chi connectivity index (χ3v) is 11.8. The summed E-state index contributed by atoms with van der Waals surface area (Å²) in [6.07, 6.45) is 7.91. The van der Waals surface area contributed by atoms with Crippen LogP contribution in [-0.4, -0.2) is 19.5 Å². The highest BCUT2D eigenvalue weighted by atomic mass is 16.3. The third-order valence-electron chi connectivity index (χ3n) is 11.8. The van der Waals surface area contributed by atoms with Crippen molar-refractivity contribution < 1.29 is 4.42 Å². The molecule has 0 amide bonds. The molecule has 0 aliphatic heterocycles. The molecular weight excluding hydrogens is 769 g/mol. The predicted molar refractivity (Wildman–Crippen MR) is 262 cm³/mol. The average Bonchev–Trinajstić information content (AvgIpc) is 3.90. The monoisotopic (exact) mass is 808 g/mol. The Hall–Kier alpha value is -8.41. The van der Waals surface area contributed by atoms with E-state index in [9.17, 15) is 0 Å². The molecule has 0 unspecified atom stereocenters. The number of rotatable bonds is 9. The fourth-order valence-corrected chi connectivity index (χ4v) is 8.87. The van der Waals surface area contributed by atoms with E-state index in [2.05, 4.69) is 181 Å². The Morgan fingerprint density at radius 2 is 1.11 bits per heavy atom. The molecule has 0 N–H and O–H groups in total. The molecule has 0 bridgehead atoms. The Morgan fingerprint density at radius 1 is 0.508 bits per heavy atom. The summed E-state index contributed by atoms with van der Waals surface area (Å²) < 4.78 is 8.94. The van der Waals surface area contributed by atoms with Gasteiger partial charge < -0.3 is 8.98 Å². The lowest BCUT2D eigenvalue weighted by atomic mass is 9.96. The summed E-state index contributed by atoms with van der Waals surface area (Å²) in [6.45, 7) is 5.89. The summed E-state index contributed by atoms with van der Waals surface area (Å²) in [6, 6.07) is 65.7. The van der Waals surface area contributed by atoms with Crippen molar-refractivity contribution in [3.8, 4) is 62.1 Å². The van der Waals surface area contributed by atoms with Crippen molar-refractivity contribution in [2.75, 3.05) is 0 Å². The van der Waals surface area contributed by atoms with Gasteiger partial charge in [-0.2, -0.15) is 0 Å². The molecule has 0 radical (unpaired) electrons. The van der Waals surface area contributed by atoms with Crippen LogP contribution in [0.1, 0.15) is 12.5 Å². The number of hydrogen-bond donors (Lipinski definition) is 0. The van der Waals surface area contributed by atoms with Crippen LogP contribution in [0.2, 0.25) is 0 Å². The first kappa shape index (κ1) is 37.6. The first-order valence-electron chi connectivity index (χ1n) is 21.2. The summed E-state index contributed by atoms with van der Waals surface area (Å²) in [5, 5.41) is 4.51. The lowest BCUT2D eigenvalue weighted by Crippen LogP contribution is -2.05. The van der Waals surface area contributed by atoms with Crippen LogP contribution >= 0.6 is 0 Å². The Balaban J connectivity index is 1.18. The van der Waals surface area contributed by atoms with Gasteiger partial charge in [0.15, 0.2) is 17.5 Å². The van der Waals surface area contributed by atoms with E-state index in [4.69, 9.17) is 19.4 Å². The van der Waals surface area contributed by atoms with E-state index in [1.807, 2.05) is 43.3 Å². The number of furan rings is 1.